The Morgan fingerprint density at radius 3 is 2.32 bits per heavy atom. The molecule has 0 fully saturated rings. The Bertz CT molecular complexity index is 1050. The first-order chi connectivity index (χ1) is 16.3. The first kappa shape index (κ1) is 28.6. The largest absolute Gasteiger partial charge is 0.508 e. The normalized spacial score (nSPS) is 10.7. The number of amides is 1. The van der Waals surface area contributed by atoms with Crippen molar-refractivity contribution in [3.63, 3.8) is 0 Å². The fraction of sp³-hybridized carbons (Fsp3) is 0.345. The van der Waals surface area contributed by atoms with Crippen molar-refractivity contribution in [1.82, 2.24) is 5.32 Å². The monoisotopic (exact) mass is 464 g/mol. The molecule has 3 aromatic rings. The number of ether oxygens (including phenoxy) is 1. The average molecular weight is 465 g/mol. The van der Waals surface area contributed by atoms with Gasteiger partial charge in [-0.25, -0.2) is 0 Å². The summed E-state index contributed by atoms with van der Waals surface area (Å²) in [5.74, 6) is 1.12. The number of phenols is 1. The number of aryl methyl sites for hydroxylation is 2. The smallest absolute Gasteiger partial charge is 0.251 e. The van der Waals surface area contributed by atoms with E-state index in [-0.39, 0.29) is 11.8 Å². The molecule has 0 radical (unpaired) electrons. The predicted molar refractivity (Wildman–Crippen MR) is 143 cm³/mol. The molecule has 0 saturated heterocycles. The number of hydrogen-bond donors (Lipinski definition) is 3. The highest BCUT2D eigenvalue weighted by Crippen LogP contribution is 2.33. The number of rotatable bonds is 6. The summed E-state index contributed by atoms with van der Waals surface area (Å²) in [5, 5.41) is 12.7. The number of para-hydroxylation sites is 1. The van der Waals surface area contributed by atoms with E-state index >= 15 is 0 Å². The Hall–Kier alpha value is -3.47. The van der Waals surface area contributed by atoms with Crippen molar-refractivity contribution in [1.29, 1.82) is 0 Å². The van der Waals surface area contributed by atoms with Crippen molar-refractivity contribution in [3.05, 3.63) is 88.5 Å². The molecular weight excluding hydrogens is 424 g/mol. The van der Waals surface area contributed by atoms with Gasteiger partial charge in [-0.2, -0.15) is 0 Å². The number of carbonyl (C=O) groups excluding carboxylic acids is 1. The third kappa shape index (κ3) is 8.14. The summed E-state index contributed by atoms with van der Waals surface area (Å²) >= 11 is 0. The number of anilines is 1. The molecule has 5 heteroatoms. The van der Waals surface area contributed by atoms with Crippen LogP contribution in [0.15, 0.2) is 60.7 Å². The minimum atomic E-state index is -0.0462. The van der Waals surface area contributed by atoms with Gasteiger partial charge in [0.2, 0.25) is 0 Å². The lowest BCUT2D eigenvalue weighted by Crippen LogP contribution is -2.23. The van der Waals surface area contributed by atoms with Crippen LogP contribution in [0, 0.1) is 13.8 Å². The van der Waals surface area contributed by atoms with Gasteiger partial charge in [0.1, 0.15) is 11.5 Å². The molecule has 184 valence electrons. The molecule has 5 nitrogen and oxygen atoms in total. The number of phenolic OH excluding ortho intramolecular Hbond substituents is 1. The molecule has 4 N–H and O–H groups in total. The van der Waals surface area contributed by atoms with Gasteiger partial charge >= 0.3 is 0 Å². The summed E-state index contributed by atoms with van der Waals surface area (Å²) in [4.78, 5) is 11.6. The van der Waals surface area contributed by atoms with Gasteiger partial charge in [-0.1, -0.05) is 69.7 Å². The summed E-state index contributed by atoms with van der Waals surface area (Å²) in [6, 6.07) is 18.8. The van der Waals surface area contributed by atoms with Crippen LogP contribution in [0.2, 0.25) is 0 Å². The van der Waals surface area contributed by atoms with Crippen LogP contribution >= 0.6 is 0 Å². The molecular formula is C29H40N2O3. The Labute approximate surface area is 205 Å². The Balaban J connectivity index is 0.000000320. The van der Waals surface area contributed by atoms with Gasteiger partial charge in [-0.15, -0.1) is 0 Å². The molecule has 0 aliphatic rings. The molecule has 0 saturated carbocycles. The first-order valence-corrected chi connectivity index (χ1v) is 11.8. The van der Waals surface area contributed by atoms with Gasteiger partial charge in [0.05, 0.1) is 7.11 Å². The highest BCUT2D eigenvalue weighted by molar-refractivity contribution is 5.94. The third-order valence-electron chi connectivity index (χ3n) is 5.32. The van der Waals surface area contributed by atoms with E-state index in [4.69, 9.17) is 10.5 Å². The van der Waals surface area contributed by atoms with E-state index in [1.807, 2.05) is 77.1 Å². The molecule has 3 rings (SSSR count). The number of benzene rings is 3. The standard InChI is InChI=1S/C15H17NO.C12H17NO2.C2H6/c1-10-7-8-14(16)13(9-10)11(2)12-5-3-4-6-15(12)17;1-4-7-13-12(14)10-6-5-9(2)11(8-10)15-3;1-2/h3-9,11,17H,16H2,1-2H3;5-6,8H,4,7H2,1-3H3,(H,13,14);1-2H3. The van der Waals surface area contributed by atoms with Gasteiger partial charge in [-0.3, -0.25) is 4.79 Å². The fourth-order valence-corrected chi connectivity index (χ4v) is 3.39. The summed E-state index contributed by atoms with van der Waals surface area (Å²) in [6.45, 7) is 12.8. The quantitative estimate of drug-likeness (QED) is 0.359. The molecule has 1 unspecified atom stereocenters. The van der Waals surface area contributed by atoms with E-state index in [2.05, 4.69) is 18.3 Å². The molecule has 0 aromatic heterocycles. The van der Waals surface area contributed by atoms with E-state index in [0.717, 1.165) is 34.5 Å². The lowest BCUT2D eigenvalue weighted by molar-refractivity contribution is 0.0953. The Kier molecular flexibility index (Phi) is 12.3. The van der Waals surface area contributed by atoms with Gasteiger partial charge in [0.25, 0.3) is 5.91 Å². The summed E-state index contributed by atoms with van der Waals surface area (Å²) in [5.41, 5.74) is 11.6. The topological polar surface area (TPSA) is 84.6 Å². The molecule has 0 bridgehead atoms. The molecule has 0 heterocycles. The average Bonchev–Trinajstić information content (AvgIpc) is 2.86. The maximum atomic E-state index is 11.6. The number of nitrogen functional groups attached to an aromatic ring is 1. The molecule has 0 aliphatic heterocycles. The summed E-state index contributed by atoms with van der Waals surface area (Å²) < 4.78 is 5.16. The second kappa shape index (κ2) is 14.6. The molecule has 1 atom stereocenters. The highest BCUT2D eigenvalue weighted by Gasteiger charge is 2.14. The van der Waals surface area contributed by atoms with Crippen molar-refractivity contribution in [2.24, 2.45) is 0 Å². The zero-order valence-electron chi connectivity index (χ0n) is 21.6. The minimum absolute atomic E-state index is 0.0462. The van der Waals surface area contributed by atoms with Crippen LogP contribution in [0.5, 0.6) is 11.5 Å². The zero-order valence-corrected chi connectivity index (χ0v) is 21.6. The number of carbonyl (C=O) groups is 1. The van der Waals surface area contributed by atoms with E-state index in [9.17, 15) is 9.90 Å². The van der Waals surface area contributed by atoms with Crippen molar-refractivity contribution in [2.45, 2.75) is 53.9 Å². The molecule has 1 amide bonds. The van der Waals surface area contributed by atoms with Gasteiger partial charge in [0.15, 0.2) is 0 Å². The predicted octanol–water partition coefficient (Wildman–Crippen LogP) is 6.60. The third-order valence-corrected chi connectivity index (χ3v) is 5.32. The number of nitrogens with one attached hydrogen (secondary N) is 1. The number of hydrogen-bond acceptors (Lipinski definition) is 4. The van der Waals surface area contributed by atoms with Crippen molar-refractivity contribution in [2.75, 3.05) is 19.4 Å². The number of aromatic hydroxyl groups is 1. The summed E-state index contributed by atoms with van der Waals surface area (Å²) in [6.07, 6.45) is 0.939. The second-order valence-corrected chi connectivity index (χ2v) is 7.85. The number of nitrogens with two attached hydrogens (primary N) is 1. The molecule has 0 spiro atoms. The zero-order chi connectivity index (χ0) is 25.7. The summed E-state index contributed by atoms with van der Waals surface area (Å²) in [7, 11) is 1.61. The van der Waals surface area contributed by atoms with Crippen LogP contribution in [-0.4, -0.2) is 24.7 Å². The molecule has 0 aliphatic carbocycles. The van der Waals surface area contributed by atoms with Crippen molar-refractivity contribution < 1.29 is 14.6 Å². The van der Waals surface area contributed by atoms with Crippen LogP contribution in [0.4, 0.5) is 5.69 Å². The lowest BCUT2D eigenvalue weighted by atomic mass is 9.90. The Morgan fingerprint density at radius 2 is 1.71 bits per heavy atom. The maximum absolute atomic E-state index is 11.6. The second-order valence-electron chi connectivity index (χ2n) is 7.85. The van der Waals surface area contributed by atoms with Crippen molar-refractivity contribution >= 4 is 11.6 Å². The van der Waals surface area contributed by atoms with E-state index < -0.39 is 0 Å². The fourth-order valence-electron chi connectivity index (χ4n) is 3.39. The first-order valence-electron chi connectivity index (χ1n) is 11.8. The molecule has 34 heavy (non-hydrogen) atoms. The Morgan fingerprint density at radius 1 is 1.03 bits per heavy atom. The maximum Gasteiger partial charge on any atom is 0.251 e. The van der Waals surface area contributed by atoms with Crippen LogP contribution in [-0.2, 0) is 0 Å². The highest BCUT2D eigenvalue weighted by atomic mass is 16.5. The SMILES string of the molecule is CC.CCCNC(=O)c1ccc(C)c(OC)c1.Cc1ccc(N)c(C(C)c2ccccc2O)c1. The van der Waals surface area contributed by atoms with Crippen LogP contribution in [0.3, 0.4) is 0 Å². The van der Waals surface area contributed by atoms with E-state index in [0.29, 0.717) is 17.9 Å². The van der Waals surface area contributed by atoms with E-state index in [1.165, 1.54) is 5.56 Å². The van der Waals surface area contributed by atoms with Gasteiger partial charge in [0, 0.05) is 29.3 Å². The van der Waals surface area contributed by atoms with Crippen LogP contribution in [0.25, 0.3) is 0 Å². The van der Waals surface area contributed by atoms with Crippen LogP contribution in [0.1, 0.15) is 72.6 Å². The molecule has 3 aromatic carbocycles. The number of methoxy groups -OCH3 is 1. The van der Waals surface area contributed by atoms with Gasteiger partial charge < -0.3 is 20.9 Å². The van der Waals surface area contributed by atoms with Crippen LogP contribution < -0.4 is 15.8 Å². The minimum Gasteiger partial charge on any atom is -0.508 e. The van der Waals surface area contributed by atoms with Crippen molar-refractivity contribution in [3.8, 4) is 11.5 Å². The van der Waals surface area contributed by atoms with Gasteiger partial charge in [-0.05, 0) is 55.7 Å². The lowest BCUT2D eigenvalue weighted by Gasteiger charge is -2.16. The van der Waals surface area contributed by atoms with E-state index in [1.54, 1.807) is 19.2 Å².